The summed E-state index contributed by atoms with van der Waals surface area (Å²) in [6.07, 6.45) is 3.64. The molecule has 2 aromatic carbocycles. The van der Waals surface area contributed by atoms with Crippen molar-refractivity contribution in [2.24, 2.45) is 0 Å². The molecule has 0 aliphatic rings. The smallest absolute Gasteiger partial charge is 0.275 e. The SMILES string of the molecule is CCc1cccc(C)c1Nc1cnc(C(=O)Nc2ccc(F)c(F)c2)cn1. The number of nitrogens with zero attached hydrogens (tertiary/aromatic N) is 2. The number of anilines is 3. The summed E-state index contributed by atoms with van der Waals surface area (Å²) < 4.78 is 26.2. The maximum Gasteiger partial charge on any atom is 0.275 e. The van der Waals surface area contributed by atoms with Crippen LogP contribution in [0.1, 0.15) is 28.5 Å². The van der Waals surface area contributed by atoms with Crippen molar-refractivity contribution < 1.29 is 13.6 Å². The first kappa shape index (κ1) is 18.4. The second-order valence-corrected chi connectivity index (χ2v) is 5.96. The highest BCUT2D eigenvalue weighted by molar-refractivity contribution is 6.02. The van der Waals surface area contributed by atoms with Crippen molar-refractivity contribution in [3.05, 3.63) is 77.2 Å². The number of amides is 1. The molecule has 0 fully saturated rings. The van der Waals surface area contributed by atoms with Gasteiger partial charge in [-0.25, -0.2) is 18.7 Å². The molecule has 0 aliphatic heterocycles. The summed E-state index contributed by atoms with van der Waals surface area (Å²) in [4.78, 5) is 20.5. The first-order chi connectivity index (χ1) is 13.0. The first-order valence-corrected chi connectivity index (χ1v) is 8.42. The third-order valence-electron chi connectivity index (χ3n) is 4.06. The summed E-state index contributed by atoms with van der Waals surface area (Å²) in [5.74, 6) is -2.08. The van der Waals surface area contributed by atoms with Gasteiger partial charge in [0.1, 0.15) is 11.5 Å². The van der Waals surface area contributed by atoms with Gasteiger partial charge in [-0.15, -0.1) is 0 Å². The van der Waals surface area contributed by atoms with Gasteiger partial charge in [-0.05, 0) is 36.6 Å². The number of para-hydroxylation sites is 1. The van der Waals surface area contributed by atoms with Gasteiger partial charge in [-0.3, -0.25) is 4.79 Å². The van der Waals surface area contributed by atoms with Gasteiger partial charge in [0, 0.05) is 17.4 Å². The van der Waals surface area contributed by atoms with Crippen LogP contribution in [0.25, 0.3) is 0 Å². The van der Waals surface area contributed by atoms with Crippen LogP contribution in [0.4, 0.5) is 26.0 Å². The Morgan fingerprint density at radius 3 is 2.56 bits per heavy atom. The molecule has 1 heterocycles. The number of halogens is 2. The second-order valence-electron chi connectivity index (χ2n) is 5.96. The molecule has 5 nitrogen and oxygen atoms in total. The van der Waals surface area contributed by atoms with E-state index in [9.17, 15) is 13.6 Å². The van der Waals surface area contributed by atoms with Crippen molar-refractivity contribution in [1.82, 2.24) is 9.97 Å². The number of hydrogen-bond donors (Lipinski definition) is 2. The van der Waals surface area contributed by atoms with Gasteiger partial charge in [0.25, 0.3) is 5.91 Å². The van der Waals surface area contributed by atoms with Gasteiger partial charge in [0.15, 0.2) is 11.6 Å². The fraction of sp³-hybridized carbons (Fsp3) is 0.150. The minimum absolute atomic E-state index is 0.0609. The van der Waals surface area contributed by atoms with Crippen LogP contribution in [0.2, 0.25) is 0 Å². The molecule has 0 aliphatic carbocycles. The van der Waals surface area contributed by atoms with E-state index in [4.69, 9.17) is 0 Å². The van der Waals surface area contributed by atoms with E-state index in [2.05, 4.69) is 27.5 Å². The predicted octanol–water partition coefficient (Wildman–Crippen LogP) is 4.62. The number of aromatic nitrogens is 2. The number of carbonyl (C=O) groups excluding carboxylic acids is 1. The van der Waals surface area contributed by atoms with Gasteiger partial charge in [-0.1, -0.05) is 25.1 Å². The Balaban J connectivity index is 1.73. The lowest BCUT2D eigenvalue weighted by Gasteiger charge is -2.13. The van der Waals surface area contributed by atoms with Crippen LogP contribution in [0, 0.1) is 18.6 Å². The standard InChI is InChI=1S/C20H18F2N4O/c1-3-13-6-4-5-12(2)19(13)26-18-11-23-17(10-24-18)20(27)25-14-7-8-15(21)16(22)9-14/h4-11H,3H2,1-2H3,(H,24,26)(H,25,27). The molecule has 1 amide bonds. The minimum Gasteiger partial charge on any atom is -0.339 e. The molecule has 2 N–H and O–H groups in total. The van der Waals surface area contributed by atoms with E-state index in [-0.39, 0.29) is 11.4 Å². The normalized spacial score (nSPS) is 10.5. The number of rotatable bonds is 5. The molecule has 138 valence electrons. The summed E-state index contributed by atoms with van der Waals surface area (Å²) in [7, 11) is 0. The Labute approximate surface area is 155 Å². The summed E-state index contributed by atoms with van der Waals surface area (Å²) in [6.45, 7) is 4.07. The third kappa shape index (κ3) is 4.25. The molecule has 0 spiro atoms. The van der Waals surface area contributed by atoms with E-state index in [1.165, 1.54) is 18.5 Å². The molecule has 3 aromatic rings. The molecule has 0 radical (unpaired) electrons. The van der Waals surface area contributed by atoms with Crippen LogP contribution in [-0.2, 0) is 6.42 Å². The molecule has 7 heteroatoms. The molecule has 0 bridgehead atoms. The van der Waals surface area contributed by atoms with Crippen LogP contribution in [0.5, 0.6) is 0 Å². The molecule has 0 atom stereocenters. The first-order valence-electron chi connectivity index (χ1n) is 8.42. The maximum absolute atomic E-state index is 13.2. The zero-order valence-corrected chi connectivity index (χ0v) is 14.9. The van der Waals surface area contributed by atoms with Crippen molar-refractivity contribution in [2.75, 3.05) is 10.6 Å². The predicted molar refractivity (Wildman–Crippen MR) is 100 cm³/mol. The molecule has 27 heavy (non-hydrogen) atoms. The molecular formula is C20H18F2N4O. The van der Waals surface area contributed by atoms with Crippen LogP contribution >= 0.6 is 0 Å². The van der Waals surface area contributed by atoms with E-state index in [1.807, 2.05) is 25.1 Å². The van der Waals surface area contributed by atoms with Crippen LogP contribution in [0.15, 0.2) is 48.8 Å². The topological polar surface area (TPSA) is 66.9 Å². The molecule has 1 aromatic heterocycles. The number of hydrogen-bond acceptors (Lipinski definition) is 4. The zero-order chi connectivity index (χ0) is 19.4. The minimum atomic E-state index is -1.04. The quantitative estimate of drug-likeness (QED) is 0.689. The average Bonchev–Trinajstić information content (AvgIpc) is 2.67. The van der Waals surface area contributed by atoms with Crippen molar-refractivity contribution in [2.45, 2.75) is 20.3 Å². The van der Waals surface area contributed by atoms with Gasteiger partial charge >= 0.3 is 0 Å². The van der Waals surface area contributed by atoms with Crippen molar-refractivity contribution in [1.29, 1.82) is 0 Å². The van der Waals surface area contributed by atoms with Gasteiger partial charge in [-0.2, -0.15) is 0 Å². The number of benzene rings is 2. The van der Waals surface area contributed by atoms with E-state index < -0.39 is 17.5 Å². The Morgan fingerprint density at radius 1 is 1.07 bits per heavy atom. The van der Waals surface area contributed by atoms with Crippen LogP contribution < -0.4 is 10.6 Å². The Kier molecular flexibility index (Phi) is 5.40. The van der Waals surface area contributed by atoms with E-state index >= 15 is 0 Å². The van der Waals surface area contributed by atoms with Gasteiger partial charge in [0.05, 0.1) is 12.4 Å². The van der Waals surface area contributed by atoms with Crippen molar-refractivity contribution in [3.63, 3.8) is 0 Å². The monoisotopic (exact) mass is 368 g/mol. The Morgan fingerprint density at radius 2 is 1.89 bits per heavy atom. The Bertz CT molecular complexity index is 974. The molecule has 3 rings (SSSR count). The highest BCUT2D eigenvalue weighted by Crippen LogP contribution is 2.24. The lowest BCUT2D eigenvalue weighted by Crippen LogP contribution is -2.14. The number of nitrogens with one attached hydrogen (secondary N) is 2. The fourth-order valence-corrected chi connectivity index (χ4v) is 2.61. The Hall–Kier alpha value is -3.35. The fourth-order valence-electron chi connectivity index (χ4n) is 2.61. The highest BCUT2D eigenvalue weighted by Gasteiger charge is 2.11. The maximum atomic E-state index is 13.2. The number of carbonyl (C=O) groups is 1. The molecule has 0 saturated carbocycles. The average molecular weight is 368 g/mol. The molecular weight excluding hydrogens is 350 g/mol. The van der Waals surface area contributed by atoms with Crippen molar-refractivity contribution in [3.8, 4) is 0 Å². The van der Waals surface area contributed by atoms with E-state index in [1.54, 1.807) is 0 Å². The van der Waals surface area contributed by atoms with Gasteiger partial charge < -0.3 is 10.6 Å². The van der Waals surface area contributed by atoms with Crippen LogP contribution in [-0.4, -0.2) is 15.9 Å². The lowest BCUT2D eigenvalue weighted by molar-refractivity contribution is 0.102. The van der Waals surface area contributed by atoms with Crippen LogP contribution in [0.3, 0.4) is 0 Å². The summed E-state index contributed by atoms with van der Waals surface area (Å²) in [5.41, 5.74) is 3.39. The van der Waals surface area contributed by atoms with Gasteiger partial charge in [0.2, 0.25) is 0 Å². The largest absolute Gasteiger partial charge is 0.339 e. The number of aryl methyl sites for hydroxylation is 2. The van der Waals surface area contributed by atoms with E-state index in [0.29, 0.717) is 5.82 Å². The molecule has 0 saturated heterocycles. The summed E-state index contributed by atoms with van der Waals surface area (Å²) in [6, 6.07) is 9.14. The lowest BCUT2D eigenvalue weighted by atomic mass is 10.1. The third-order valence-corrected chi connectivity index (χ3v) is 4.06. The van der Waals surface area contributed by atoms with E-state index in [0.717, 1.165) is 35.4 Å². The second kappa shape index (κ2) is 7.90. The molecule has 0 unspecified atom stereocenters. The zero-order valence-electron chi connectivity index (χ0n) is 14.9. The highest BCUT2D eigenvalue weighted by atomic mass is 19.2. The summed E-state index contributed by atoms with van der Waals surface area (Å²) >= 11 is 0. The summed E-state index contributed by atoms with van der Waals surface area (Å²) in [5, 5.41) is 5.68. The van der Waals surface area contributed by atoms with Crippen molar-refractivity contribution >= 4 is 23.1 Å².